The lowest BCUT2D eigenvalue weighted by Crippen LogP contribution is -2.42. The first-order chi connectivity index (χ1) is 21.6. The number of alkyl halides is 6. The Morgan fingerprint density at radius 2 is 1.52 bits per heavy atom. The van der Waals surface area contributed by atoms with Crippen molar-refractivity contribution < 1.29 is 45.5 Å². The van der Waals surface area contributed by atoms with Gasteiger partial charge >= 0.3 is 18.3 Å². The lowest BCUT2D eigenvalue weighted by atomic mass is 9.86. The number of esters is 1. The third-order valence-electron chi connectivity index (χ3n) is 8.25. The van der Waals surface area contributed by atoms with Gasteiger partial charge in [-0.1, -0.05) is 61.4 Å². The van der Waals surface area contributed by atoms with Crippen LogP contribution in [0.25, 0.3) is 10.8 Å². The number of rotatable bonds is 10. The van der Waals surface area contributed by atoms with E-state index in [4.69, 9.17) is 4.74 Å². The number of ether oxygens (including phenoxy) is 1. The molecule has 0 spiro atoms. The van der Waals surface area contributed by atoms with E-state index in [9.17, 15) is 40.7 Å². The molecule has 2 amide bonds. The van der Waals surface area contributed by atoms with E-state index in [1.165, 1.54) is 13.1 Å². The Bertz CT molecular complexity index is 1580. The molecule has 4 rings (SSSR count). The monoisotopic (exact) mass is 648 g/mol. The molecule has 1 saturated carbocycles. The number of carbonyl (C=O) groups is 3. The van der Waals surface area contributed by atoms with Gasteiger partial charge in [-0.2, -0.15) is 26.3 Å². The topological polar surface area (TPSA) is 75.7 Å². The number of halogens is 6. The van der Waals surface area contributed by atoms with Gasteiger partial charge in [-0.15, -0.1) is 0 Å². The van der Waals surface area contributed by atoms with Gasteiger partial charge in [-0.25, -0.2) is 0 Å². The normalized spacial score (nSPS) is 15.6. The van der Waals surface area contributed by atoms with Crippen molar-refractivity contribution in [1.29, 1.82) is 0 Å². The Hall–Kier alpha value is -4.35. The van der Waals surface area contributed by atoms with E-state index in [0.29, 0.717) is 30.5 Å². The number of nitrogens with one attached hydrogen (secondary N) is 1. The second-order valence-corrected chi connectivity index (χ2v) is 11.4. The summed E-state index contributed by atoms with van der Waals surface area (Å²) in [4.78, 5) is 40.0. The molecule has 46 heavy (non-hydrogen) atoms. The molecule has 1 aliphatic carbocycles. The summed E-state index contributed by atoms with van der Waals surface area (Å²) in [5.41, 5.74) is -4.16. The van der Waals surface area contributed by atoms with Crippen LogP contribution in [-0.4, -0.2) is 48.9 Å². The molecule has 0 aromatic heterocycles. The Labute approximate surface area is 262 Å². The maximum atomic E-state index is 13.5. The summed E-state index contributed by atoms with van der Waals surface area (Å²) in [5, 5.41) is 4.53. The fourth-order valence-electron chi connectivity index (χ4n) is 5.68. The van der Waals surface area contributed by atoms with Gasteiger partial charge in [-0.05, 0) is 60.7 Å². The molecule has 1 atom stereocenters. The van der Waals surface area contributed by atoms with Gasteiger partial charge < -0.3 is 15.0 Å². The Morgan fingerprint density at radius 3 is 2.11 bits per heavy atom. The van der Waals surface area contributed by atoms with Gasteiger partial charge in [0.25, 0.3) is 5.91 Å². The van der Waals surface area contributed by atoms with Crippen molar-refractivity contribution in [2.24, 2.45) is 5.41 Å². The van der Waals surface area contributed by atoms with Crippen LogP contribution < -0.4 is 5.32 Å². The first-order valence-electron chi connectivity index (χ1n) is 14.8. The predicted octanol–water partition coefficient (Wildman–Crippen LogP) is 7.36. The fraction of sp³-hybridized carbons (Fsp3) is 0.382. The molecule has 1 fully saturated rings. The van der Waals surface area contributed by atoms with Gasteiger partial charge in [0.05, 0.1) is 29.2 Å². The van der Waals surface area contributed by atoms with Gasteiger partial charge in [0.15, 0.2) is 0 Å². The molecule has 3 aromatic carbocycles. The number of hydrogen-bond acceptors (Lipinski definition) is 4. The average molecular weight is 649 g/mol. The molecule has 0 bridgehead atoms. The highest BCUT2D eigenvalue weighted by molar-refractivity contribution is 5.95. The van der Waals surface area contributed by atoms with E-state index < -0.39 is 58.3 Å². The smallest absolute Gasteiger partial charge is 0.416 e. The maximum absolute atomic E-state index is 13.5. The maximum Gasteiger partial charge on any atom is 0.416 e. The van der Waals surface area contributed by atoms with Gasteiger partial charge in [-0.3, -0.25) is 14.4 Å². The number of fused-ring (bicyclic) bond motifs is 1. The zero-order chi connectivity index (χ0) is 33.7. The number of likely N-dealkylation sites (N-methyl/N-ethyl adjacent to an activating group) is 1. The average Bonchev–Trinajstić information content (AvgIpc) is 3.50. The van der Waals surface area contributed by atoms with E-state index in [2.05, 4.69) is 5.32 Å². The van der Waals surface area contributed by atoms with Crippen LogP contribution in [0.15, 0.2) is 72.8 Å². The summed E-state index contributed by atoms with van der Waals surface area (Å²) in [5.74, 6) is -2.08. The van der Waals surface area contributed by atoms with Crippen LogP contribution in [0.4, 0.5) is 26.3 Å². The first kappa shape index (κ1) is 34.5. The zero-order valence-electron chi connectivity index (χ0n) is 25.3. The molecule has 0 saturated heterocycles. The minimum absolute atomic E-state index is 0.0313. The first-order valence-corrected chi connectivity index (χ1v) is 14.8. The van der Waals surface area contributed by atoms with E-state index >= 15 is 0 Å². The highest BCUT2D eigenvalue weighted by atomic mass is 19.4. The summed E-state index contributed by atoms with van der Waals surface area (Å²) >= 11 is 0. The van der Waals surface area contributed by atoms with E-state index in [0.717, 1.165) is 34.6 Å². The molecule has 246 valence electrons. The summed E-state index contributed by atoms with van der Waals surface area (Å²) in [7, 11) is 1.25. The van der Waals surface area contributed by atoms with Crippen LogP contribution in [0.2, 0.25) is 0 Å². The van der Waals surface area contributed by atoms with Gasteiger partial charge in [0, 0.05) is 25.2 Å². The van der Waals surface area contributed by atoms with Gasteiger partial charge in [0.1, 0.15) is 0 Å². The molecule has 1 N–H and O–H groups in total. The minimum atomic E-state index is -5.13. The lowest BCUT2D eigenvalue weighted by molar-refractivity contribution is -0.155. The number of hydrogen-bond donors (Lipinski definition) is 1. The standard InChI is InChI=1S/C34H34F6N2O4/c1-3-46-31(45)32(14-6-7-15-32)21-41-29(43)13-12-28(17-22-10-11-23-8-4-5-9-24(23)16-22)42(2)30(44)25-18-26(33(35,36)37)20-27(19-25)34(38,39)40/h4-5,8-13,16,18-20,28H,3,6-7,14-15,17,21H2,1-2H3,(H,41,43). The van der Waals surface area contributed by atoms with E-state index in [-0.39, 0.29) is 25.6 Å². The predicted molar refractivity (Wildman–Crippen MR) is 160 cm³/mol. The molecule has 0 aliphatic heterocycles. The molecule has 0 heterocycles. The van der Waals surface area contributed by atoms with Crippen LogP contribution in [-0.2, 0) is 33.1 Å². The van der Waals surface area contributed by atoms with Crippen molar-refractivity contribution in [3.05, 3.63) is 95.1 Å². The number of nitrogens with zero attached hydrogens (tertiary/aromatic N) is 1. The lowest BCUT2D eigenvalue weighted by Gasteiger charge is -2.27. The van der Waals surface area contributed by atoms with Crippen molar-refractivity contribution in [1.82, 2.24) is 10.2 Å². The van der Waals surface area contributed by atoms with E-state index in [1.807, 2.05) is 36.4 Å². The molecule has 3 aromatic rings. The molecule has 6 nitrogen and oxygen atoms in total. The van der Waals surface area contributed by atoms with Crippen molar-refractivity contribution in [2.75, 3.05) is 20.2 Å². The quantitative estimate of drug-likeness (QED) is 0.142. The van der Waals surface area contributed by atoms with Crippen molar-refractivity contribution in [2.45, 2.75) is 57.4 Å². The molecular formula is C34H34F6N2O4. The van der Waals surface area contributed by atoms with E-state index in [1.54, 1.807) is 13.0 Å². The Balaban J connectivity index is 1.63. The third-order valence-corrected chi connectivity index (χ3v) is 8.25. The number of amides is 2. The van der Waals surface area contributed by atoms with Crippen LogP contribution in [0, 0.1) is 5.41 Å². The minimum Gasteiger partial charge on any atom is -0.466 e. The highest BCUT2D eigenvalue weighted by Crippen LogP contribution is 2.39. The van der Waals surface area contributed by atoms with Crippen LogP contribution in [0.1, 0.15) is 59.7 Å². The number of benzene rings is 3. The van der Waals surface area contributed by atoms with Crippen molar-refractivity contribution in [3.8, 4) is 0 Å². The largest absolute Gasteiger partial charge is 0.466 e. The molecule has 1 unspecified atom stereocenters. The van der Waals surface area contributed by atoms with Crippen molar-refractivity contribution >= 4 is 28.6 Å². The SMILES string of the molecule is CCOC(=O)C1(CNC(=O)C=CC(Cc2ccc3ccccc3c2)N(C)C(=O)c2cc(C(F)(F)F)cc(C(F)(F)F)c2)CCCC1. The summed E-state index contributed by atoms with van der Waals surface area (Å²) < 4.78 is 86.3. The highest BCUT2D eigenvalue weighted by Gasteiger charge is 2.43. The van der Waals surface area contributed by atoms with Crippen molar-refractivity contribution in [3.63, 3.8) is 0 Å². The molecular weight excluding hydrogens is 614 g/mol. The summed E-state index contributed by atoms with van der Waals surface area (Å²) in [6.45, 7) is 1.92. The Morgan fingerprint density at radius 1 is 0.913 bits per heavy atom. The molecule has 0 radical (unpaired) electrons. The van der Waals surface area contributed by atoms with Crippen LogP contribution in [0.3, 0.4) is 0 Å². The van der Waals surface area contributed by atoms with Crippen LogP contribution >= 0.6 is 0 Å². The molecule has 12 heteroatoms. The van der Waals surface area contributed by atoms with Crippen LogP contribution in [0.5, 0.6) is 0 Å². The van der Waals surface area contributed by atoms with Gasteiger partial charge in [0.2, 0.25) is 5.91 Å². The third kappa shape index (κ3) is 8.27. The zero-order valence-corrected chi connectivity index (χ0v) is 25.3. The number of carbonyl (C=O) groups excluding carboxylic acids is 3. The second kappa shape index (κ2) is 14.0. The fourth-order valence-corrected chi connectivity index (χ4v) is 5.68. The summed E-state index contributed by atoms with van der Waals surface area (Å²) in [6, 6.07) is 12.7. The second-order valence-electron chi connectivity index (χ2n) is 11.4. The summed E-state index contributed by atoms with van der Waals surface area (Å²) in [6.07, 6.45) is -4.94. The Kier molecular flexibility index (Phi) is 10.5. The molecule has 1 aliphatic rings.